The summed E-state index contributed by atoms with van der Waals surface area (Å²) in [6.45, 7) is 3.66. The van der Waals surface area contributed by atoms with Gasteiger partial charge in [-0.25, -0.2) is 4.98 Å². The highest BCUT2D eigenvalue weighted by atomic mass is 16.2. The summed E-state index contributed by atoms with van der Waals surface area (Å²) in [5.74, 6) is 0.774. The molecule has 1 N–H and O–H groups in total. The molecule has 1 saturated heterocycles. The molecule has 1 aromatic carbocycles. The van der Waals surface area contributed by atoms with Crippen molar-refractivity contribution in [3.63, 3.8) is 0 Å². The summed E-state index contributed by atoms with van der Waals surface area (Å²) < 4.78 is 2.00. The number of pyridine rings is 1. The summed E-state index contributed by atoms with van der Waals surface area (Å²) >= 11 is 0. The molecule has 1 aliphatic rings. The molecule has 3 heterocycles. The lowest BCUT2D eigenvalue weighted by molar-refractivity contribution is -0.135. The Morgan fingerprint density at radius 2 is 2.03 bits per heavy atom. The van der Waals surface area contributed by atoms with Crippen LogP contribution in [0.25, 0.3) is 11.0 Å². The van der Waals surface area contributed by atoms with Gasteiger partial charge < -0.3 is 14.8 Å². The van der Waals surface area contributed by atoms with Gasteiger partial charge in [-0.3, -0.25) is 14.6 Å². The maximum Gasteiger partial charge on any atom is 0.252 e. The average Bonchev–Trinajstić information content (AvgIpc) is 3.12. The minimum absolute atomic E-state index is 0.131. The number of aromatic nitrogens is 3. The van der Waals surface area contributed by atoms with E-state index in [1.54, 1.807) is 24.5 Å². The van der Waals surface area contributed by atoms with Crippen molar-refractivity contribution in [3.8, 4) is 0 Å². The molecule has 7 heteroatoms. The molecule has 1 unspecified atom stereocenters. The quantitative estimate of drug-likeness (QED) is 0.684. The molecule has 4 rings (SSSR count). The van der Waals surface area contributed by atoms with Gasteiger partial charge in [0.05, 0.1) is 16.6 Å². The molecule has 7 nitrogen and oxygen atoms in total. The van der Waals surface area contributed by atoms with Crippen molar-refractivity contribution in [2.24, 2.45) is 0 Å². The highest BCUT2D eigenvalue weighted by Crippen LogP contribution is 2.20. The summed E-state index contributed by atoms with van der Waals surface area (Å²) in [6.07, 6.45) is 7.03. The van der Waals surface area contributed by atoms with Crippen LogP contribution in [-0.2, 0) is 17.8 Å². The lowest BCUT2D eigenvalue weighted by atomic mass is 10.0. The highest BCUT2D eigenvalue weighted by Gasteiger charge is 2.24. The van der Waals surface area contributed by atoms with Crippen LogP contribution in [0.1, 0.15) is 42.4 Å². The number of fused-ring (bicyclic) bond motifs is 1. The number of nitrogens with zero attached hydrogens (tertiary/aromatic N) is 4. The number of piperidine rings is 1. The molecule has 30 heavy (non-hydrogen) atoms. The number of hydrogen-bond donors (Lipinski definition) is 1. The van der Waals surface area contributed by atoms with E-state index in [1.807, 2.05) is 33.7 Å². The van der Waals surface area contributed by atoms with E-state index in [0.717, 1.165) is 36.2 Å². The first-order valence-corrected chi connectivity index (χ1v) is 10.6. The normalized spacial score (nSPS) is 16.6. The van der Waals surface area contributed by atoms with Crippen LogP contribution in [0.15, 0.2) is 48.8 Å². The molecule has 2 aromatic heterocycles. The Morgan fingerprint density at radius 1 is 1.17 bits per heavy atom. The maximum atomic E-state index is 13.0. The number of benzene rings is 1. The van der Waals surface area contributed by atoms with E-state index in [1.165, 1.54) is 6.42 Å². The molecule has 156 valence electrons. The third kappa shape index (κ3) is 4.35. The van der Waals surface area contributed by atoms with Crippen LogP contribution in [0.3, 0.4) is 0 Å². The molecule has 0 radical (unpaired) electrons. The van der Waals surface area contributed by atoms with Crippen LogP contribution in [0.5, 0.6) is 0 Å². The van der Waals surface area contributed by atoms with E-state index in [9.17, 15) is 9.59 Å². The van der Waals surface area contributed by atoms with E-state index >= 15 is 0 Å². The van der Waals surface area contributed by atoms with Crippen molar-refractivity contribution in [1.82, 2.24) is 24.8 Å². The summed E-state index contributed by atoms with van der Waals surface area (Å²) in [5, 5.41) is 2.92. The highest BCUT2D eigenvalue weighted by molar-refractivity contribution is 5.93. The van der Waals surface area contributed by atoms with Crippen LogP contribution in [0.2, 0.25) is 0 Å². The van der Waals surface area contributed by atoms with Gasteiger partial charge in [-0.05, 0) is 50.5 Å². The van der Waals surface area contributed by atoms with Gasteiger partial charge in [-0.15, -0.1) is 0 Å². The predicted molar refractivity (Wildman–Crippen MR) is 115 cm³/mol. The van der Waals surface area contributed by atoms with E-state index in [0.29, 0.717) is 18.5 Å². The first kappa shape index (κ1) is 20.1. The van der Waals surface area contributed by atoms with E-state index < -0.39 is 0 Å². The average molecular weight is 406 g/mol. The third-order valence-electron chi connectivity index (χ3n) is 5.71. The Balaban J connectivity index is 1.49. The molecular formula is C23H27N5O2. The number of nitrogens with one attached hydrogen (secondary N) is 1. The summed E-state index contributed by atoms with van der Waals surface area (Å²) in [5.41, 5.74) is 2.34. The van der Waals surface area contributed by atoms with Crippen molar-refractivity contribution >= 4 is 22.8 Å². The topological polar surface area (TPSA) is 80.1 Å². The minimum atomic E-state index is -0.163. The third-order valence-corrected chi connectivity index (χ3v) is 5.71. The van der Waals surface area contributed by atoms with Gasteiger partial charge in [0.25, 0.3) is 5.91 Å². The molecule has 1 atom stereocenters. The van der Waals surface area contributed by atoms with E-state index in [2.05, 4.69) is 17.2 Å². The Labute approximate surface area is 176 Å². The molecule has 0 saturated carbocycles. The number of hydrogen-bond acceptors (Lipinski definition) is 4. The van der Waals surface area contributed by atoms with Gasteiger partial charge in [0.2, 0.25) is 5.91 Å². The van der Waals surface area contributed by atoms with Gasteiger partial charge in [-0.1, -0.05) is 12.1 Å². The zero-order chi connectivity index (χ0) is 20.9. The van der Waals surface area contributed by atoms with Crippen molar-refractivity contribution < 1.29 is 9.59 Å². The Hall–Kier alpha value is -3.22. The number of carbonyl (C=O) groups excluding carboxylic acids is 2. The maximum absolute atomic E-state index is 13.0. The number of para-hydroxylation sites is 2. The second-order valence-electron chi connectivity index (χ2n) is 7.78. The monoisotopic (exact) mass is 405 g/mol. The Bertz CT molecular complexity index is 1030. The van der Waals surface area contributed by atoms with Crippen LogP contribution in [0, 0.1) is 0 Å². The van der Waals surface area contributed by atoms with E-state index in [-0.39, 0.29) is 24.4 Å². The van der Waals surface area contributed by atoms with Crippen molar-refractivity contribution in [2.45, 2.75) is 45.2 Å². The van der Waals surface area contributed by atoms with Crippen LogP contribution < -0.4 is 5.32 Å². The largest absolute Gasteiger partial charge is 0.352 e. The standard InChI is InChI=1S/C23H27N5O2/c1-17-7-4-5-14-27(17)22(29)16-28-20-10-3-2-9-19(20)26-21(28)11-13-25-23(30)18-8-6-12-24-15-18/h2-3,6,8-10,12,15,17H,4-5,7,11,13-14,16H2,1H3,(H,25,30). The molecule has 2 amide bonds. The fourth-order valence-corrected chi connectivity index (χ4v) is 4.07. The van der Waals surface area contributed by atoms with Crippen molar-refractivity contribution in [1.29, 1.82) is 0 Å². The fourth-order valence-electron chi connectivity index (χ4n) is 4.07. The van der Waals surface area contributed by atoms with E-state index in [4.69, 9.17) is 4.98 Å². The number of carbonyl (C=O) groups is 2. The van der Waals surface area contributed by atoms with Gasteiger partial charge in [0.15, 0.2) is 0 Å². The van der Waals surface area contributed by atoms with Gasteiger partial charge in [-0.2, -0.15) is 0 Å². The lowest BCUT2D eigenvalue weighted by Crippen LogP contribution is -2.43. The Morgan fingerprint density at radius 3 is 2.83 bits per heavy atom. The zero-order valence-electron chi connectivity index (χ0n) is 17.3. The predicted octanol–water partition coefficient (Wildman–Crippen LogP) is 2.80. The molecule has 3 aromatic rings. The lowest BCUT2D eigenvalue weighted by Gasteiger charge is -2.33. The van der Waals surface area contributed by atoms with Gasteiger partial charge in [0, 0.05) is 37.9 Å². The first-order valence-electron chi connectivity index (χ1n) is 10.6. The Kier molecular flexibility index (Phi) is 6.07. The first-order chi connectivity index (χ1) is 14.6. The van der Waals surface area contributed by atoms with Crippen LogP contribution in [0.4, 0.5) is 0 Å². The second-order valence-corrected chi connectivity index (χ2v) is 7.78. The van der Waals surface area contributed by atoms with Crippen molar-refractivity contribution in [3.05, 3.63) is 60.2 Å². The number of likely N-dealkylation sites (tertiary alicyclic amines) is 1. The summed E-state index contributed by atoms with van der Waals surface area (Å²) in [6, 6.07) is 11.6. The summed E-state index contributed by atoms with van der Waals surface area (Å²) in [7, 11) is 0. The SMILES string of the molecule is CC1CCCCN1C(=O)Cn1c(CCNC(=O)c2cccnc2)nc2ccccc21. The van der Waals surface area contributed by atoms with Crippen LogP contribution >= 0.6 is 0 Å². The molecule has 1 aliphatic heterocycles. The number of amides is 2. The van der Waals surface area contributed by atoms with Crippen molar-refractivity contribution in [2.75, 3.05) is 13.1 Å². The van der Waals surface area contributed by atoms with Crippen LogP contribution in [-0.4, -0.2) is 50.4 Å². The molecule has 1 fully saturated rings. The number of imidazole rings is 1. The molecule has 0 aliphatic carbocycles. The minimum Gasteiger partial charge on any atom is -0.352 e. The second kappa shape index (κ2) is 9.07. The zero-order valence-corrected chi connectivity index (χ0v) is 17.3. The van der Waals surface area contributed by atoms with Gasteiger partial charge >= 0.3 is 0 Å². The smallest absolute Gasteiger partial charge is 0.252 e. The molecule has 0 spiro atoms. The molecular weight excluding hydrogens is 378 g/mol. The molecule has 0 bridgehead atoms. The van der Waals surface area contributed by atoms with Gasteiger partial charge in [0.1, 0.15) is 12.4 Å². The number of rotatable bonds is 6. The summed E-state index contributed by atoms with van der Waals surface area (Å²) in [4.78, 5) is 36.0. The fraction of sp³-hybridized carbons (Fsp3) is 0.391.